The average molecular weight is 755 g/mol. The Labute approximate surface area is 345 Å². The van der Waals surface area contributed by atoms with Gasteiger partial charge in [0.15, 0.2) is 0 Å². The van der Waals surface area contributed by atoms with Crippen molar-refractivity contribution >= 4 is 34.1 Å². The zero-order chi connectivity index (χ0) is 40.7. The standard InChI is InChI=1S/C55H66N2/c1-11-40(6)42-16-28-48(29-17-42)56(52-36-24-46(25-37-52)54(8,9)13-3)50-32-20-44(21-33-50)45-22-34-51(35-23-45)57(49-30-18-43(19-31-49)41(7)12-2)53-38-26-47(27-39-53)55(10,14-4)15-5/h16-41H,11-15H2,1-10H3. The normalized spacial score (nSPS) is 12.9. The van der Waals surface area contributed by atoms with Crippen LogP contribution in [0.1, 0.15) is 135 Å². The minimum absolute atomic E-state index is 0.142. The maximum Gasteiger partial charge on any atom is 0.0462 e. The van der Waals surface area contributed by atoms with Crippen molar-refractivity contribution in [1.29, 1.82) is 0 Å². The van der Waals surface area contributed by atoms with Gasteiger partial charge in [0, 0.05) is 34.1 Å². The van der Waals surface area contributed by atoms with E-state index in [2.05, 4.69) is 225 Å². The van der Waals surface area contributed by atoms with Crippen LogP contribution in [0.15, 0.2) is 146 Å². The van der Waals surface area contributed by atoms with E-state index >= 15 is 0 Å². The molecule has 0 saturated carbocycles. The molecule has 0 N–H and O–H groups in total. The van der Waals surface area contributed by atoms with E-state index in [-0.39, 0.29) is 10.8 Å². The lowest BCUT2D eigenvalue weighted by Crippen LogP contribution is -2.19. The molecule has 0 bridgehead atoms. The molecule has 0 heterocycles. The van der Waals surface area contributed by atoms with Gasteiger partial charge in [-0.05, 0) is 161 Å². The summed E-state index contributed by atoms with van der Waals surface area (Å²) in [6, 6.07) is 54.9. The Hall–Kier alpha value is -5.08. The summed E-state index contributed by atoms with van der Waals surface area (Å²) in [6.07, 6.45) is 5.62. The van der Waals surface area contributed by atoms with Crippen molar-refractivity contribution in [3.05, 3.63) is 168 Å². The molecule has 2 heteroatoms. The minimum Gasteiger partial charge on any atom is -0.311 e. The second-order valence-corrected chi connectivity index (χ2v) is 17.2. The molecule has 296 valence electrons. The van der Waals surface area contributed by atoms with Crippen LogP contribution < -0.4 is 9.80 Å². The molecule has 2 nitrogen and oxygen atoms in total. The highest BCUT2D eigenvalue weighted by atomic mass is 15.1. The first-order valence-electron chi connectivity index (χ1n) is 21.7. The Kier molecular flexibility index (Phi) is 13.1. The smallest absolute Gasteiger partial charge is 0.0462 e. The third-order valence-electron chi connectivity index (χ3n) is 13.4. The van der Waals surface area contributed by atoms with Crippen molar-refractivity contribution in [1.82, 2.24) is 0 Å². The molecule has 6 aromatic rings. The Morgan fingerprint density at radius 1 is 0.368 bits per heavy atom. The predicted octanol–water partition coefficient (Wildman–Crippen LogP) is 17.1. The lowest BCUT2D eigenvalue weighted by molar-refractivity contribution is 0.439. The summed E-state index contributed by atoms with van der Waals surface area (Å²) in [7, 11) is 0. The number of rotatable bonds is 16. The van der Waals surface area contributed by atoms with E-state index in [0.29, 0.717) is 11.8 Å². The molecule has 2 unspecified atom stereocenters. The van der Waals surface area contributed by atoms with Gasteiger partial charge in [0.05, 0.1) is 0 Å². The van der Waals surface area contributed by atoms with Crippen LogP contribution >= 0.6 is 0 Å². The van der Waals surface area contributed by atoms with Crippen molar-refractivity contribution < 1.29 is 0 Å². The Morgan fingerprint density at radius 3 is 0.930 bits per heavy atom. The van der Waals surface area contributed by atoms with Gasteiger partial charge in [-0.1, -0.05) is 142 Å². The van der Waals surface area contributed by atoms with Crippen LogP contribution in [0.25, 0.3) is 11.1 Å². The highest BCUT2D eigenvalue weighted by Crippen LogP contribution is 2.41. The van der Waals surface area contributed by atoms with Crippen LogP contribution in [0.4, 0.5) is 34.1 Å². The fourth-order valence-corrected chi connectivity index (χ4v) is 7.81. The topological polar surface area (TPSA) is 6.48 Å². The third-order valence-corrected chi connectivity index (χ3v) is 13.4. The Balaban J connectivity index is 1.33. The van der Waals surface area contributed by atoms with Gasteiger partial charge in [0.25, 0.3) is 0 Å². The number of hydrogen-bond donors (Lipinski definition) is 0. The van der Waals surface area contributed by atoms with Crippen LogP contribution in [0.5, 0.6) is 0 Å². The maximum absolute atomic E-state index is 2.39. The van der Waals surface area contributed by atoms with Gasteiger partial charge in [0.1, 0.15) is 0 Å². The van der Waals surface area contributed by atoms with Crippen LogP contribution in [0, 0.1) is 0 Å². The zero-order valence-corrected chi connectivity index (χ0v) is 36.4. The fraction of sp³-hybridized carbons (Fsp3) is 0.345. The van der Waals surface area contributed by atoms with Crippen molar-refractivity contribution in [3.8, 4) is 11.1 Å². The molecular formula is C55H66N2. The molecule has 0 amide bonds. The monoisotopic (exact) mass is 755 g/mol. The summed E-state index contributed by atoms with van der Waals surface area (Å²) < 4.78 is 0. The van der Waals surface area contributed by atoms with E-state index in [9.17, 15) is 0 Å². The maximum atomic E-state index is 2.39. The number of nitrogens with zero attached hydrogens (tertiary/aromatic N) is 2. The van der Waals surface area contributed by atoms with Gasteiger partial charge in [-0.3, -0.25) is 0 Å². The van der Waals surface area contributed by atoms with E-state index in [1.165, 1.54) is 56.1 Å². The first-order valence-corrected chi connectivity index (χ1v) is 21.7. The molecule has 6 rings (SSSR count). The second-order valence-electron chi connectivity index (χ2n) is 17.2. The van der Waals surface area contributed by atoms with Crippen molar-refractivity contribution in [3.63, 3.8) is 0 Å². The molecule has 0 aliphatic carbocycles. The van der Waals surface area contributed by atoms with Crippen LogP contribution in [0.3, 0.4) is 0 Å². The SMILES string of the molecule is CCC(C)c1ccc(N(c2ccc(-c3ccc(N(c4ccc(C(C)CC)cc4)c4ccc(C(C)(CC)CC)cc4)cc3)cc2)c2ccc(C(C)(C)CC)cc2)cc1. The summed E-state index contributed by atoms with van der Waals surface area (Å²) in [5, 5.41) is 0. The van der Waals surface area contributed by atoms with Gasteiger partial charge in [0.2, 0.25) is 0 Å². The van der Waals surface area contributed by atoms with E-state index < -0.39 is 0 Å². The summed E-state index contributed by atoms with van der Waals surface area (Å²) in [6.45, 7) is 23.0. The molecule has 2 atom stereocenters. The molecule has 0 aromatic heterocycles. The fourth-order valence-electron chi connectivity index (χ4n) is 7.81. The summed E-state index contributed by atoms with van der Waals surface area (Å²) in [5.74, 6) is 1.08. The summed E-state index contributed by atoms with van der Waals surface area (Å²) in [5.41, 5.74) is 15.2. The van der Waals surface area contributed by atoms with Gasteiger partial charge < -0.3 is 9.80 Å². The van der Waals surface area contributed by atoms with E-state index in [1.807, 2.05) is 0 Å². The second kappa shape index (κ2) is 18.0. The van der Waals surface area contributed by atoms with Crippen molar-refractivity contribution in [2.24, 2.45) is 0 Å². The lowest BCUT2D eigenvalue weighted by Gasteiger charge is -2.30. The molecular weight excluding hydrogens is 689 g/mol. The molecule has 0 radical (unpaired) electrons. The van der Waals surface area contributed by atoms with E-state index in [0.717, 1.165) is 43.5 Å². The van der Waals surface area contributed by atoms with Crippen LogP contribution in [-0.2, 0) is 10.8 Å². The molecule has 57 heavy (non-hydrogen) atoms. The predicted molar refractivity (Wildman–Crippen MR) is 250 cm³/mol. The number of anilines is 6. The lowest BCUT2D eigenvalue weighted by atomic mass is 9.78. The molecule has 0 saturated heterocycles. The third kappa shape index (κ3) is 9.07. The van der Waals surface area contributed by atoms with Gasteiger partial charge in [-0.25, -0.2) is 0 Å². The molecule has 0 aliphatic heterocycles. The van der Waals surface area contributed by atoms with E-state index in [1.54, 1.807) is 0 Å². The molecule has 0 spiro atoms. The number of hydrogen-bond acceptors (Lipinski definition) is 2. The summed E-state index contributed by atoms with van der Waals surface area (Å²) >= 11 is 0. The molecule has 6 aromatic carbocycles. The van der Waals surface area contributed by atoms with Crippen molar-refractivity contribution in [2.45, 2.75) is 124 Å². The highest BCUT2D eigenvalue weighted by Gasteiger charge is 2.23. The van der Waals surface area contributed by atoms with Crippen LogP contribution in [-0.4, -0.2) is 0 Å². The number of benzene rings is 6. The Bertz CT molecular complexity index is 2140. The van der Waals surface area contributed by atoms with Gasteiger partial charge in [-0.15, -0.1) is 0 Å². The van der Waals surface area contributed by atoms with E-state index in [4.69, 9.17) is 0 Å². The summed E-state index contributed by atoms with van der Waals surface area (Å²) in [4.78, 5) is 4.78. The largest absolute Gasteiger partial charge is 0.311 e. The van der Waals surface area contributed by atoms with Crippen molar-refractivity contribution in [2.75, 3.05) is 9.80 Å². The zero-order valence-electron chi connectivity index (χ0n) is 36.4. The quantitative estimate of drug-likeness (QED) is 0.0971. The minimum atomic E-state index is 0.142. The molecule has 0 aliphatic rings. The average Bonchev–Trinajstić information content (AvgIpc) is 3.27. The van der Waals surface area contributed by atoms with Gasteiger partial charge >= 0.3 is 0 Å². The first kappa shape index (κ1) is 41.6. The van der Waals surface area contributed by atoms with Crippen LogP contribution in [0.2, 0.25) is 0 Å². The Morgan fingerprint density at radius 2 is 0.649 bits per heavy atom. The highest BCUT2D eigenvalue weighted by molar-refractivity contribution is 5.81. The van der Waals surface area contributed by atoms with Gasteiger partial charge in [-0.2, -0.15) is 0 Å². The molecule has 0 fully saturated rings. The first-order chi connectivity index (χ1) is 27.4.